The zero-order valence-electron chi connectivity index (χ0n) is 10.8. The number of pyridine rings is 1. The van der Waals surface area contributed by atoms with E-state index in [2.05, 4.69) is 14.5 Å². The minimum absolute atomic E-state index is 0.151. The van der Waals surface area contributed by atoms with E-state index in [-0.39, 0.29) is 11.4 Å². The number of esters is 1. The Balaban J connectivity index is 2.17. The van der Waals surface area contributed by atoms with Crippen molar-refractivity contribution in [2.75, 3.05) is 7.11 Å². The van der Waals surface area contributed by atoms with Crippen LogP contribution in [0.1, 0.15) is 10.5 Å². The Hall–Kier alpha value is -2.57. The van der Waals surface area contributed by atoms with E-state index in [1.165, 1.54) is 43.6 Å². The van der Waals surface area contributed by atoms with Crippen LogP contribution in [0.5, 0.6) is 5.75 Å². The Bertz CT molecular complexity index is 621. The highest BCUT2D eigenvalue weighted by Gasteiger charge is 2.30. The monoisotopic (exact) mass is 297 g/mol. The molecular formula is C14H10F3NO3. The number of aromatic nitrogens is 1. The molecule has 7 heteroatoms. The standard InChI is InChI=1S/C14H10F3NO3/c1-20-13(19)12-7-4-10(8-18-12)9-2-5-11(6-3-9)21-14(15,16)17/h2-8H,1H3. The van der Waals surface area contributed by atoms with Gasteiger partial charge in [0.25, 0.3) is 0 Å². The van der Waals surface area contributed by atoms with Gasteiger partial charge in [0.05, 0.1) is 7.11 Å². The van der Waals surface area contributed by atoms with E-state index in [0.717, 1.165) is 0 Å². The fraction of sp³-hybridized carbons (Fsp3) is 0.143. The van der Waals surface area contributed by atoms with Crippen LogP contribution in [0.2, 0.25) is 0 Å². The number of methoxy groups -OCH3 is 1. The van der Waals surface area contributed by atoms with Crippen LogP contribution in [0.4, 0.5) is 13.2 Å². The van der Waals surface area contributed by atoms with Gasteiger partial charge in [-0.1, -0.05) is 18.2 Å². The first-order valence-electron chi connectivity index (χ1n) is 5.79. The highest BCUT2D eigenvalue weighted by atomic mass is 19.4. The Morgan fingerprint density at radius 3 is 2.14 bits per heavy atom. The third-order valence-corrected chi connectivity index (χ3v) is 2.58. The maximum atomic E-state index is 12.0. The van der Waals surface area contributed by atoms with Crippen molar-refractivity contribution in [1.82, 2.24) is 4.98 Å². The number of rotatable bonds is 3. The smallest absolute Gasteiger partial charge is 0.464 e. The molecule has 0 fully saturated rings. The van der Waals surface area contributed by atoms with Gasteiger partial charge in [0.15, 0.2) is 0 Å². The lowest BCUT2D eigenvalue weighted by Crippen LogP contribution is -2.16. The van der Waals surface area contributed by atoms with Gasteiger partial charge in [-0.15, -0.1) is 13.2 Å². The first kappa shape index (κ1) is 14.8. The van der Waals surface area contributed by atoms with Gasteiger partial charge in [0.1, 0.15) is 11.4 Å². The van der Waals surface area contributed by atoms with Gasteiger partial charge >= 0.3 is 12.3 Å². The van der Waals surface area contributed by atoms with Crippen molar-refractivity contribution in [3.8, 4) is 16.9 Å². The molecule has 21 heavy (non-hydrogen) atoms. The lowest BCUT2D eigenvalue weighted by molar-refractivity contribution is -0.274. The Morgan fingerprint density at radius 2 is 1.67 bits per heavy atom. The van der Waals surface area contributed by atoms with Crippen LogP contribution in [0, 0.1) is 0 Å². The van der Waals surface area contributed by atoms with Crippen LogP contribution < -0.4 is 4.74 Å². The number of hydrogen-bond acceptors (Lipinski definition) is 4. The topological polar surface area (TPSA) is 48.4 Å². The summed E-state index contributed by atoms with van der Waals surface area (Å²) in [6.07, 6.45) is -3.28. The normalized spacial score (nSPS) is 11.0. The van der Waals surface area contributed by atoms with Crippen molar-refractivity contribution in [3.05, 3.63) is 48.3 Å². The van der Waals surface area contributed by atoms with Crippen LogP contribution in [-0.2, 0) is 4.74 Å². The molecule has 2 aromatic rings. The molecule has 0 saturated heterocycles. The van der Waals surface area contributed by atoms with Gasteiger partial charge < -0.3 is 9.47 Å². The average Bonchev–Trinajstić information content (AvgIpc) is 2.46. The zero-order chi connectivity index (χ0) is 15.5. The van der Waals surface area contributed by atoms with E-state index in [4.69, 9.17) is 0 Å². The SMILES string of the molecule is COC(=O)c1ccc(-c2ccc(OC(F)(F)F)cc2)cn1. The van der Waals surface area contributed by atoms with Crippen LogP contribution in [0.25, 0.3) is 11.1 Å². The number of benzene rings is 1. The van der Waals surface area contributed by atoms with Gasteiger partial charge in [-0.05, 0) is 23.8 Å². The van der Waals surface area contributed by atoms with Crippen molar-refractivity contribution in [3.63, 3.8) is 0 Å². The quantitative estimate of drug-likeness (QED) is 0.814. The molecule has 0 unspecified atom stereocenters. The Kier molecular flexibility index (Phi) is 4.11. The van der Waals surface area contributed by atoms with Crippen LogP contribution in [-0.4, -0.2) is 24.4 Å². The van der Waals surface area contributed by atoms with Gasteiger partial charge in [0, 0.05) is 11.8 Å². The molecule has 1 aromatic heterocycles. The van der Waals surface area contributed by atoms with Crippen molar-refractivity contribution in [2.45, 2.75) is 6.36 Å². The summed E-state index contributed by atoms with van der Waals surface area (Å²) in [7, 11) is 1.25. The summed E-state index contributed by atoms with van der Waals surface area (Å²) in [6, 6.07) is 8.44. The largest absolute Gasteiger partial charge is 0.573 e. The molecule has 2 rings (SSSR count). The summed E-state index contributed by atoms with van der Waals surface area (Å²) >= 11 is 0. The van der Waals surface area contributed by atoms with E-state index in [1.54, 1.807) is 6.07 Å². The minimum atomic E-state index is -4.72. The number of hydrogen-bond donors (Lipinski definition) is 0. The van der Waals surface area contributed by atoms with E-state index >= 15 is 0 Å². The number of ether oxygens (including phenoxy) is 2. The van der Waals surface area contributed by atoms with Crippen molar-refractivity contribution in [2.24, 2.45) is 0 Å². The maximum Gasteiger partial charge on any atom is 0.573 e. The van der Waals surface area contributed by atoms with E-state index in [9.17, 15) is 18.0 Å². The molecule has 0 atom stereocenters. The van der Waals surface area contributed by atoms with E-state index < -0.39 is 12.3 Å². The number of carbonyl (C=O) groups excluding carboxylic acids is 1. The molecular weight excluding hydrogens is 287 g/mol. The summed E-state index contributed by atoms with van der Waals surface area (Å²) in [5.41, 5.74) is 1.45. The molecule has 0 spiro atoms. The van der Waals surface area contributed by atoms with Gasteiger partial charge in [-0.25, -0.2) is 9.78 Å². The van der Waals surface area contributed by atoms with Crippen LogP contribution in [0.3, 0.4) is 0 Å². The summed E-state index contributed by atoms with van der Waals surface area (Å²) in [4.78, 5) is 15.2. The Labute approximate surface area is 118 Å². The predicted octanol–water partition coefficient (Wildman–Crippen LogP) is 3.43. The van der Waals surface area contributed by atoms with Crippen molar-refractivity contribution >= 4 is 5.97 Å². The molecule has 1 heterocycles. The first-order chi connectivity index (χ1) is 9.89. The van der Waals surface area contributed by atoms with Gasteiger partial charge in [-0.2, -0.15) is 0 Å². The molecule has 0 bridgehead atoms. The van der Waals surface area contributed by atoms with Crippen LogP contribution in [0.15, 0.2) is 42.6 Å². The fourth-order valence-electron chi connectivity index (χ4n) is 1.64. The second-order valence-corrected chi connectivity index (χ2v) is 4.00. The third-order valence-electron chi connectivity index (χ3n) is 2.58. The molecule has 0 saturated carbocycles. The van der Waals surface area contributed by atoms with Crippen molar-refractivity contribution < 1.29 is 27.4 Å². The lowest BCUT2D eigenvalue weighted by atomic mass is 10.1. The highest BCUT2D eigenvalue weighted by molar-refractivity contribution is 5.87. The third kappa shape index (κ3) is 3.95. The number of alkyl halides is 3. The van der Waals surface area contributed by atoms with Crippen LogP contribution >= 0.6 is 0 Å². The Morgan fingerprint density at radius 1 is 1.05 bits per heavy atom. The minimum Gasteiger partial charge on any atom is -0.464 e. The summed E-state index contributed by atoms with van der Waals surface area (Å²) in [6.45, 7) is 0. The summed E-state index contributed by atoms with van der Waals surface area (Å²) < 4.78 is 44.4. The van der Waals surface area contributed by atoms with Gasteiger partial charge in [-0.3, -0.25) is 0 Å². The lowest BCUT2D eigenvalue weighted by Gasteiger charge is -2.09. The second kappa shape index (κ2) is 5.82. The number of carbonyl (C=O) groups is 1. The maximum absolute atomic E-state index is 12.0. The summed E-state index contributed by atoms with van der Waals surface area (Å²) in [5.74, 6) is -0.860. The molecule has 0 aliphatic rings. The second-order valence-electron chi connectivity index (χ2n) is 4.00. The van der Waals surface area contributed by atoms with Crippen molar-refractivity contribution in [1.29, 1.82) is 0 Å². The van der Waals surface area contributed by atoms with E-state index in [1.807, 2.05) is 0 Å². The molecule has 1 aromatic carbocycles. The van der Waals surface area contributed by atoms with E-state index in [0.29, 0.717) is 11.1 Å². The average molecular weight is 297 g/mol. The molecule has 0 aliphatic carbocycles. The molecule has 4 nitrogen and oxygen atoms in total. The fourth-order valence-corrected chi connectivity index (χ4v) is 1.64. The number of halogens is 3. The highest BCUT2D eigenvalue weighted by Crippen LogP contribution is 2.26. The number of nitrogens with zero attached hydrogens (tertiary/aromatic N) is 1. The molecule has 0 N–H and O–H groups in total. The molecule has 0 radical (unpaired) electrons. The molecule has 0 aliphatic heterocycles. The molecule has 0 amide bonds. The molecule has 110 valence electrons. The summed E-state index contributed by atoms with van der Waals surface area (Å²) in [5, 5.41) is 0. The first-order valence-corrected chi connectivity index (χ1v) is 5.79. The zero-order valence-corrected chi connectivity index (χ0v) is 10.8. The van der Waals surface area contributed by atoms with Gasteiger partial charge in [0.2, 0.25) is 0 Å². The predicted molar refractivity (Wildman–Crippen MR) is 67.7 cm³/mol.